The quantitative estimate of drug-likeness (QED) is 0.238. The van der Waals surface area contributed by atoms with Gasteiger partial charge in [-0.3, -0.25) is 9.59 Å². The molecule has 2 nitrogen and oxygen atoms in total. The minimum Gasteiger partial charge on any atom is -0.289 e. The largest absolute Gasteiger partial charge is 0.289 e. The maximum atomic E-state index is 12.7. The van der Waals surface area contributed by atoms with Crippen LogP contribution < -0.4 is 10.9 Å². The molecule has 0 unspecified atom stereocenters. The van der Waals surface area contributed by atoms with Crippen molar-refractivity contribution in [3.8, 4) is 0 Å². The Morgan fingerprint density at radius 3 is 1.92 bits per heavy atom. The van der Waals surface area contributed by atoms with Crippen molar-refractivity contribution >= 4 is 74.9 Å². The highest BCUT2D eigenvalue weighted by molar-refractivity contribution is 9.13. The zero-order valence-electron chi connectivity index (χ0n) is 12.2. The summed E-state index contributed by atoms with van der Waals surface area (Å²) in [5.74, 6) is 0. The standard InChI is InChI=1S/C20H8Br2O2/c21-18-17-12-7-8-14(23)11-5-1-3-9(15(11)12)10-4-2-6-13(16(10)17)20(24)19(18)22/h1-8H. The van der Waals surface area contributed by atoms with Crippen LogP contribution in [0.4, 0.5) is 0 Å². The van der Waals surface area contributed by atoms with Crippen molar-refractivity contribution in [3.05, 3.63) is 77.9 Å². The van der Waals surface area contributed by atoms with Crippen LogP contribution in [-0.4, -0.2) is 0 Å². The van der Waals surface area contributed by atoms with Crippen LogP contribution in [0.1, 0.15) is 0 Å². The SMILES string of the molecule is O=c1ccc2c3c(Br)c(Br)c(=O)c4cccc(c5cccc1c52)c43. The summed E-state index contributed by atoms with van der Waals surface area (Å²) in [5.41, 5.74) is -0.0135. The molecule has 4 heteroatoms. The molecule has 0 amide bonds. The van der Waals surface area contributed by atoms with Gasteiger partial charge in [0.1, 0.15) is 0 Å². The molecule has 0 saturated carbocycles. The fourth-order valence-corrected chi connectivity index (χ4v) is 4.74. The molecule has 0 heterocycles. The van der Waals surface area contributed by atoms with Gasteiger partial charge in [0.25, 0.3) is 0 Å². The van der Waals surface area contributed by atoms with Gasteiger partial charge in [-0.05, 0) is 60.2 Å². The predicted octanol–water partition coefficient (Wildman–Crippen LogP) is 5.42. The van der Waals surface area contributed by atoms with Crippen molar-refractivity contribution < 1.29 is 0 Å². The summed E-state index contributed by atoms with van der Waals surface area (Å²) < 4.78 is 1.25. The highest BCUT2D eigenvalue weighted by Crippen LogP contribution is 2.43. The number of hydrogen-bond donors (Lipinski definition) is 0. The van der Waals surface area contributed by atoms with E-state index < -0.39 is 0 Å². The molecule has 0 radical (unpaired) electrons. The van der Waals surface area contributed by atoms with Gasteiger partial charge in [0.15, 0.2) is 5.43 Å². The number of fused-ring (bicyclic) bond motifs is 2. The van der Waals surface area contributed by atoms with Crippen LogP contribution in [0.15, 0.2) is 67.1 Å². The monoisotopic (exact) mass is 438 g/mol. The molecular weight excluding hydrogens is 432 g/mol. The average Bonchev–Trinajstić information content (AvgIpc) is 2.61. The summed E-state index contributed by atoms with van der Waals surface area (Å²) in [4.78, 5) is 25.0. The molecule has 114 valence electrons. The summed E-state index contributed by atoms with van der Waals surface area (Å²) in [6.45, 7) is 0. The second-order valence-electron chi connectivity index (χ2n) is 5.90. The first-order valence-corrected chi connectivity index (χ1v) is 9.02. The first-order valence-electron chi connectivity index (χ1n) is 7.43. The Morgan fingerprint density at radius 2 is 1.17 bits per heavy atom. The van der Waals surface area contributed by atoms with Gasteiger partial charge in [0.05, 0.1) is 4.47 Å². The summed E-state index contributed by atoms with van der Waals surface area (Å²) in [7, 11) is 0. The molecule has 0 aliphatic rings. The average molecular weight is 440 g/mol. The van der Waals surface area contributed by atoms with Crippen molar-refractivity contribution in [2.45, 2.75) is 0 Å². The third-order valence-electron chi connectivity index (χ3n) is 4.73. The van der Waals surface area contributed by atoms with Gasteiger partial charge in [0.2, 0.25) is 5.43 Å². The minimum absolute atomic E-state index is 0.0156. The van der Waals surface area contributed by atoms with Gasteiger partial charge in [-0.2, -0.15) is 0 Å². The Labute approximate surface area is 152 Å². The fraction of sp³-hybridized carbons (Fsp3) is 0. The Hall–Kier alpha value is -2.04. The first-order chi connectivity index (χ1) is 11.6. The number of rotatable bonds is 0. The summed E-state index contributed by atoms with van der Waals surface area (Å²) in [6.07, 6.45) is 0. The Balaban J connectivity index is 2.35. The van der Waals surface area contributed by atoms with Gasteiger partial charge in [-0.1, -0.05) is 36.4 Å². The third-order valence-corrected chi connectivity index (χ3v) is 6.81. The van der Waals surface area contributed by atoms with E-state index in [1.807, 2.05) is 42.5 Å². The Bertz CT molecular complexity index is 1410. The first kappa shape index (κ1) is 14.3. The molecule has 0 spiro atoms. The molecule has 0 bridgehead atoms. The molecular formula is C20H8Br2O2. The van der Waals surface area contributed by atoms with Crippen molar-refractivity contribution in [1.82, 2.24) is 0 Å². The van der Waals surface area contributed by atoms with E-state index in [9.17, 15) is 9.59 Å². The van der Waals surface area contributed by atoms with Gasteiger partial charge in [-0.15, -0.1) is 0 Å². The highest BCUT2D eigenvalue weighted by atomic mass is 79.9. The molecule has 0 N–H and O–H groups in total. The highest BCUT2D eigenvalue weighted by Gasteiger charge is 2.19. The van der Waals surface area contributed by atoms with Crippen LogP contribution in [0.25, 0.3) is 43.1 Å². The lowest BCUT2D eigenvalue weighted by Gasteiger charge is -2.15. The van der Waals surface area contributed by atoms with E-state index in [-0.39, 0.29) is 10.9 Å². The van der Waals surface area contributed by atoms with Gasteiger partial charge >= 0.3 is 0 Å². The lowest BCUT2D eigenvalue weighted by molar-refractivity contribution is 1.59. The van der Waals surface area contributed by atoms with Crippen molar-refractivity contribution in [3.63, 3.8) is 0 Å². The maximum Gasteiger partial charge on any atom is 0.201 e. The second kappa shape index (κ2) is 4.74. The number of benzene rings is 5. The van der Waals surface area contributed by atoms with Gasteiger partial charge in [-0.25, -0.2) is 0 Å². The second-order valence-corrected chi connectivity index (χ2v) is 7.49. The number of hydrogen-bond acceptors (Lipinski definition) is 2. The van der Waals surface area contributed by atoms with E-state index in [1.54, 1.807) is 6.07 Å². The fourth-order valence-electron chi connectivity index (χ4n) is 3.74. The summed E-state index contributed by atoms with van der Waals surface area (Å²) >= 11 is 7.01. The van der Waals surface area contributed by atoms with Gasteiger partial charge < -0.3 is 0 Å². The lowest BCUT2D eigenvalue weighted by Crippen LogP contribution is -2.06. The number of halogens is 2. The molecule has 0 fully saturated rings. The molecule has 0 aromatic heterocycles. The van der Waals surface area contributed by atoms with Crippen LogP contribution in [0.2, 0.25) is 0 Å². The normalized spacial score (nSPS) is 12.1. The molecule has 0 saturated heterocycles. The van der Waals surface area contributed by atoms with Crippen molar-refractivity contribution in [2.75, 3.05) is 0 Å². The van der Waals surface area contributed by atoms with Crippen LogP contribution in [0, 0.1) is 0 Å². The molecule has 5 rings (SSSR count). The molecule has 0 aliphatic heterocycles. The van der Waals surface area contributed by atoms with E-state index in [0.717, 1.165) is 36.8 Å². The molecule has 0 aliphatic carbocycles. The van der Waals surface area contributed by atoms with Gasteiger partial charge in [0, 0.05) is 31.4 Å². The van der Waals surface area contributed by atoms with E-state index in [4.69, 9.17) is 0 Å². The maximum absolute atomic E-state index is 12.7. The van der Waals surface area contributed by atoms with Crippen LogP contribution in [0.3, 0.4) is 0 Å². The Morgan fingerprint density at radius 1 is 0.542 bits per heavy atom. The minimum atomic E-state index is -0.0291. The van der Waals surface area contributed by atoms with Crippen LogP contribution >= 0.6 is 31.9 Å². The summed E-state index contributed by atoms with van der Waals surface area (Å²) in [6, 6.07) is 15.0. The zero-order valence-corrected chi connectivity index (χ0v) is 15.4. The molecule has 24 heavy (non-hydrogen) atoms. The zero-order chi connectivity index (χ0) is 16.6. The summed E-state index contributed by atoms with van der Waals surface area (Å²) in [5, 5.41) is 7.25. The smallest absolute Gasteiger partial charge is 0.201 e. The van der Waals surface area contributed by atoms with E-state index in [0.29, 0.717) is 15.2 Å². The van der Waals surface area contributed by atoms with Crippen LogP contribution in [-0.2, 0) is 0 Å². The Kier molecular flexibility index (Phi) is 2.83. The van der Waals surface area contributed by atoms with Crippen molar-refractivity contribution in [1.29, 1.82) is 0 Å². The van der Waals surface area contributed by atoms with Crippen LogP contribution in [0.5, 0.6) is 0 Å². The molecule has 0 atom stereocenters. The lowest BCUT2D eigenvalue weighted by atomic mass is 9.90. The van der Waals surface area contributed by atoms with E-state index >= 15 is 0 Å². The van der Waals surface area contributed by atoms with Crippen molar-refractivity contribution in [2.24, 2.45) is 0 Å². The van der Waals surface area contributed by atoms with E-state index in [1.165, 1.54) is 0 Å². The topological polar surface area (TPSA) is 34.1 Å². The molecule has 5 aromatic rings. The van der Waals surface area contributed by atoms with E-state index in [2.05, 4.69) is 31.9 Å². The predicted molar refractivity (Wildman–Crippen MR) is 107 cm³/mol. The third kappa shape index (κ3) is 1.60. The molecule has 5 aromatic carbocycles.